The Bertz CT molecular complexity index is 761. The smallest absolute Gasteiger partial charge is 0.207 e. The number of hydrogen-bond acceptors (Lipinski definition) is 4. The predicted molar refractivity (Wildman–Crippen MR) is 83.1 cm³/mol. The number of nitrogens with zero attached hydrogens (tertiary/aromatic N) is 4. The zero-order valence-electron chi connectivity index (χ0n) is 13.0. The molecule has 1 unspecified atom stereocenters. The lowest BCUT2D eigenvalue weighted by molar-refractivity contribution is 0.402. The quantitative estimate of drug-likeness (QED) is 0.865. The lowest BCUT2D eigenvalue weighted by Gasteiger charge is -2.20. The Morgan fingerprint density at radius 2 is 1.68 bits per heavy atom. The predicted octanol–water partition coefficient (Wildman–Crippen LogP) is 1.84. The first-order chi connectivity index (χ1) is 10.4. The molecular weight excluding hydrogens is 300 g/mol. The molecule has 3 rings (SSSR count). The maximum atomic E-state index is 13.0. The van der Waals surface area contributed by atoms with E-state index in [0.717, 1.165) is 23.1 Å². The van der Waals surface area contributed by atoms with Gasteiger partial charge in [-0.3, -0.25) is 0 Å². The number of hydrogen-bond donors (Lipinski definition) is 0. The highest BCUT2D eigenvalue weighted by Crippen LogP contribution is 2.30. The van der Waals surface area contributed by atoms with Gasteiger partial charge in [0.05, 0.1) is 23.3 Å². The van der Waals surface area contributed by atoms with Gasteiger partial charge in [0, 0.05) is 13.1 Å². The van der Waals surface area contributed by atoms with Crippen molar-refractivity contribution in [2.45, 2.75) is 38.1 Å². The van der Waals surface area contributed by atoms with Crippen molar-refractivity contribution < 1.29 is 8.42 Å². The van der Waals surface area contributed by atoms with Crippen LogP contribution in [0.1, 0.15) is 29.2 Å². The van der Waals surface area contributed by atoms with E-state index < -0.39 is 10.0 Å². The van der Waals surface area contributed by atoms with Gasteiger partial charge in [-0.15, -0.1) is 0 Å². The molecule has 0 bridgehead atoms. The molecule has 0 spiro atoms. The van der Waals surface area contributed by atoms with Crippen LogP contribution < -0.4 is 0 Å². The second kappa shape index (κ2) is 5.48. The van der Waals surface area contributed by atoms with Crippen molar-refractivity contribution in [3.8, 4) is 0 Å². The van der Waals surface area contributed by atoms with Gasteiger partial charge >= 0.3 is 0 Å². The standard InChI is InChI=1S/C15H20N4O2S/c1-11-8-12(2)15(13(3)9-11)22(20,21)18-7-4-14(10-18)19-16-5-6-17-19/h5-6,8-9,14H,4,7,10H2,1-3H3. The van der Waals surface area contributed by atoms with Crippen LogP contribution in [0.4, 0.5) is 0 Å². The summed E-state index contributed by atoms with van der Waals surface area (Å²) in [6.45, 7) is 6.61. The van der Waals surface area contributed by atoms with E-state index in [1.807, 2.05) is 32.9 Å². The van der Waals surface area contributed by atoms with Crippen LogP contribution in [0, 0.1) is 20.8 Å². The molecule has 0 radical (unpaired) electrons. The molecule has 1 aliphatic heterocycles. The van der Waals surface area contributed by atoms with Crippen LogP contribution in [0.2, 0.25) is 0 Å². The molecule has 1 aromatic carbocycles. The van der Waals surface area contributed by atoms with E-state index in [9.17, 15) is 8.42 Å². The van der Waals surface area contributed by atoms with Crippen molar-refractivity contribution in [2.24, 2.45) is 0 Å². The molecule has 7 heteroatoms. The highest BCUT2D eigenvalue weighted by molar-refractivity contribution is 7.89. The van der Waals surface area contributed by atoms with Crippen LogP contribution in [0.15, 0.2) is 29.4 Å². The van der Waals surface area contributed by atoms with Gasteiger partial charge in [0.1, 0.15) is 0 Å². The SMILES string of the molecule is Cc1cc(C)c(S(=O)(=O)N2CCC(n3nccn3)C2)c(C)c1. The first-order valence-electron chi connectivity index (χ1n) is 7.33. The van der Waals surface area contributed by atoms with Gasteiger partial charge in [0.25, 0.3) is 0 Å². The summed E-state index contributed by atoms with van der Waals surface area (Å²) in [7, 11) is -3.48. The van der Waals surface area contributed by atoms with Crippen molar-refractivity contribution in [3.05, 3.63) is 41.2 Å². The Kier molecular flexibility index (Phi) is 3.78. The molecule has 2 aromatic rings. The molecule has 1 aliphatic rings. The first-order valence-corrected chi connectivity index (χ1v) is 8.77. The molecule has 118 valence electrons. The van der Waals surface area contributed by atoms with Gasteiger partial charge in [0.15, 0.2) is 0 Å². The van der Waals surface area contributed by atoms with E-state index in [4.69, 9.17) is 0 Å². The van der Waals surface area contributed by atoms with Crippen molar-refractivity contribution in [3.63, 3.8) is 0 Å². The number of benzene rings is 1. The molecular formula is C15H20N4O2S. The number of aryl methyl sites for hydroxylation is 3. The molecule has 2 heterocycles. The van der Waals surface area contributed by atoms with E-state index in [2.05, 4.69) is 10.2 Å². The molecule has 1 fully saturated rings. The largest absolute Gasteiger partial charge is 0.243 e. The Labute approximate surface area is 130 Å². The average molecular weight is 320 g/mol. The van der Waals surface area contributed by atoms with E-state index >= 15 is 0 Å². The summed E-state index contributed by atoms with van der Waals surface area (Å²) in [6, 6.07) is 3.85. The fraction of sp³-hybridized carbons (Fsp3) is 0.467. The third-order valence-electron chi connectivity index (χ3n) is 4.09. The van der Waals surface area contributed by atoms with E-state index in [1.165, 1.54) is 0 Å². The summed E-state index contributed by atoms with van der Waals surface area (Å²) in [5.41, 5.74) is 2.69. The zero-order chi connectivity index (χ0) is 15.9. The Balaban J connectivity index is 1.92. The van der Waals surface area contributed by atoms with Crippen LogP contribution in [0.5, 0.6) is 0 Å². The fourth-order valence-corrected chi connectivity index (χ4v) is 5.14. The minimum Gasteiger partial charge on any atom is -0.207 e. The van der Waals surface area contributed by atoms with Crippen LogP contribution in [-0.2, 0) is 10.0 Å². The summed E-state index contributed by atoms with van der Waals surface area (Å²) < 4.78 is 27.5. The highest BCUT2D eigenvalue weighted by atomic mass is 32.2. The van der Waals surface area contributed by atoms with Crippen molar-refractivity contribution >= 4 is 10.0 Å². The maximum absolute atomic E-state index is 13.0. The van der Waals surface area contributed by atoms with E-state index in [0.29, 0.717) is 18.0 Å². The number of sulfonamides is 1. The normalized spacial score (nSPS) is 19.7. The van der Waals surface area contributed by atoms with E-state index in [-0.39, 0.29) is 6.04 Å². The van der Waals surface area contributed by atoms with Gasteiger partial charge < -0.3 is 0 Å². The zero-order valence-corrected chi connectivity index (χ0v) is 13.8. The molecule has 0 saturated carbocycles. The molecule has 0 N–H and O–H groups in total. The third-order valence-corrected chi connectivity index (χ3v) is 6.26. The van der Waals surface area contributed by atoms with Crippen LogP contribution in [0.3, 0.4) is 0 Å². The average Bonchev–Trinajstić information content (AvgIpc) is 3.08. The Morgan fingerprint density at radius 3 is 2.27 bits per heavy atom. The van der Waals surface area contributed by atoms with Gasteiger partial charge in [-0.05, 0) is 38.3 Å². The minimum absolute atomic E-state index is 0.0100. The number of aromatic nitrogens is 3. The van der Waals surface area contributed by atoms with Gasteiger partial charge in [0.2, 0.25) is 10.0 Å². The van der Waals surface area contributed by atoms with Crippen LogP contribution in [0.25, 0.3) is 0 Å². The number of rotatable bonds is 3. The molecule has 22 heavy (non-hydrogen) atoms. The lowest BCUT2D eigenvalue weighted by atomic mass is 10.1. The summed E-state index contributed by atoms with van der Waals surface area (Å²) in [6.07, 6.45) is 3.97. The summed E-state index contributed by atoms with van der Waals surface area (Å²) in [5.74, 6) is 0. The van der Waals surface area contributed by atoms with Gasteiger partial charge in [-0.2, -0.15) is 19.3 Å². The summed E-state index contributed by atoms with van der Waals surface area (Å²) in [4.78, 5) is 2.04. The molecule has 1 aromatic heterocycles. The fourth-order valence-electron chi connectivity index (χ4n) is 3.23. The van der Waals surface area contributed by atoms with E-state index in [1.54, 1.807) is 21.5 Å². The molecule has 1 atom stereocenters. The van der Waals surface area contributed by atoms with Gasteiger partial charge in [-0.25, -0.2) is 8.42 Å². The topological polar surface area (TPSA) is 68.1 Å². The maximum Gasteiger partial charge on any atom is 0.243 e. The second-order valence-electron chi connectivity index (χ2n) is 5.88. The summed E-state index contributed by atoms with van der Waals surface area (Å²) >= 11 is 0. The lowest BCUT2D eigenvalue weighted by Crippen LogP contribution is -2.30. The Hall–Kier alpha value is -1.73. The molecule has 0 amide bonds. The third kappa shape index (κ3) is 2.55. The molecule has 6 nitrogen and oxygen atoms in total. The van der Waals surface area contributed by atoms with Crippen molar-refractivity contribution in [1.82, 2.24) is 19.3 Å². The van der Waals surface area contributed by atoms with Crippen LogP contribution in [-0.4, -0.2) is 40.8 Å². The summed E-state index contributed by atoms with van der Waals surface area (Å²) in [5, 5.41) is 8.24. The first kappa shape index (κ1) is 15.2. The minimum atomic E-state index is -3.48. The van der Waals surface area contributed by atoms with Crippen molar-refractivity contribution in [2.75, 3.05) is 13.1 Å². The van der Waals surface area contributed by atoms with Crippen molar-refractivity contribution in [1.29, 1.82) is 0 Å². The Morgan fingerprint density at radius 1 is 1.09 bits per heavy atom. The van der Waals surface area contributed by atoms with Gasteiger partial charge in [-0.1, -0.05) is 17.7 Å². The second-order valence-corrected chi connectivity index (χ2v) is 7.76. The molecule has 0 aliphatic carbocycles. The van der Waals surface area contributed by atoms with Crippen LogP contribution >= 0.6 is 0 Å². The molecule has 1 saturated heterocycles. The monoisotopic (exact) mass is 320 g/mol. The highest BCUT2D eigenvalue weighted by Gasteiger charge is 2.35.